The van der Waals surface area contributed by atoms with Gasteiger partial charge >= 0.3 is 0 Å². The van der Waals surface area contributed by atoms with Crippen LogP contribution in [-0.2, 0) is 12.8 Å². The fraction of sp³-hybridized carbons (Fsp3) is 0.233. The molecule has 1 nitrogen and oxygen atoms in total. The Kier molecular flexibility index (Phi) is 9.76. The molecule has 0 atom stereocenters. The SMILES string of the molecule is CCCCCc1ccc(C#Cc2ccc(/C(F)=C(\F)c3cc(F)c(N=C=S)c(F)c3)cc2CC)cc1. The first-order valence-corrected chi connectivity index (χ1v) is 12.2. The molecule has 0 aliphatic rings. The Balaban J connectivity index is 1.86. The topological polar surface area (TPSA) is 12.4 Å². The predicted octanol–water partition coefficient (Wildman–Crippen LogP) is 9.16. The van der Waals surface area contributed by atoms with Crippen LogP contribution in [0.5, 0.6) is 0 Å². The molecule has 0 spiro atoms. The molecule has 36 heavy (non-hydrogen) atoms. The van der Waals surface area contributed by atoms with Gasteiger partial charge in [-0.1, -0.05) is 56.7 Å². The van der Waals surface area contributed by atoms with Crippen molar-refractivity contribution in [2.24, 2.45) is 4.99 Å². The average Bonchev–Trinajstić information content (AvgIpc) is 2.89. The average molecular weight is 508 g/mol. The van der Waals surface area contributed by atoms with E-state index in [0.717, 1.165) is 24.0 Å². The third-order valence-electron chi connectivity index (χ3n) is 5.72. The molecule has 0 aliphatic carbocycles. The maximum Gasteiger partial charge on any atom is 0.166 e. The van der Waals surface area contributed by atoms with Gasteiger partial charge in [0.2, 0.25) is 0 Å². The fourth-order valence-electron chi connectivity index (χ4n) is 3.72. The summed E-state index contributed by atoms with van der Waals surface area (Å²) in [5.74, 6) is 1.28. The number of benzene rings is 3. The fourth-order valence-corrected chi connectivity index (χ4v) is 3.81. The van der Waals surface area contributed by atoms with Crippen molar-refractivity contribution < 1.29 is 17.6 Å². The van der Waals surface area contributed by atoms with Gasteiger partial charge in [-0.2, -0.15) is 4.99 Å². The molecule has 0 saturated heterocycles. The number of thiocarbonyl (C=S) groups is 1. The molecule has 0 radical (unpaired) electrons. The van der Waals surface area contributed by atoms with Gasteiger partial charge < -0.3 is 0 Å². The van der Waals surface area contributed by atoms with E-state index in [4.69, 9.17) is 0 Å². The molecule has 0 N–H and O–H groups in total. The number of aryl methyl sites for hydroxylation is 2. The number of halogens is 4. The summed E-state index contributed by atoms with van der Waals surface area (Å²) in [4.78, 5) is 3.27. The van der Waals surface area contributed by atoms with Crippen molar-refractivity contribution >= 4 is 34.7 Å². The summed E-state index contributed by atoms with van der Waals surface area (Å²) in [7, 11) is 0. The molecule has 0 saturated carbocycles. The first kappa shape index (κ1) is 27.1. The molecule has 6 heteroatoms. The van der Waals surface area contributed by atoms with Gasteiger partial charge in [0.15, 0.2) is 23.3 Å². The van der Waals surface area contributed by atoms with Gasteiger partial charge in [-0.15, -0.1) is 0 Å². The van der Waals surface area contributed by atoms with Crippen LogP contribution in [0.3, 0.4) is 0 Å². The lowest BCUT2D eigenvalue weighted by Crippen LogP contribution is -1.93. The molecule has 3 rings (SSSR count). The van der Waals surface area contributed by atoms with E-state index in [1.807, 2.05) is 24.2 Å². The minimum Gasteiger partial charge on any atom is -0.204 e. The van der Waals surface area contributed by atoms with Crippen LogP contribution in [0.15, 0.2) is 59.6 Å². The highest BCUT2D eigenvalue weighted by atomic mass is 32.1. The normalized spacial score (nSPS) is 11.3. The number of hydrogen-bond donors (Lipinski definition) is 0. The van der Waals surface area contributed by atoms with Crippen LogP contribution in [0.1, 0.15) is 66.5 Å². The number of unbranched alkanes of at least 4 members (excludes halogenated alkanes) is 2. The number of hydrogen-bond acceptors (Lipinski definition) is 2. The van der Waals surface area contributed by atoms with Crippen LogP contribution < -0.4 is 0 Å². The van der Waals surface area contributed by atoms with Gasteiger partial charge in [0, 0.05) is 22.3 Å². The zero-order chi connectivity index (χ0) is 26.1. The van der Waals surface area contributed by atoms with E-state index in [0.29, 0.717) is 24.1 Å². The van der Waals surface area contributed by atoms with Crippen molar-refractivity contribution in [2.75, 3.05) is 0 Å². The molecule has 184 valence electrons. The van der Waals surface area contributed by atoms with Crippen LogP contribution in [0.25, 0.3) is 11.7 Å². The van der Waals surface area contributed by atoms with Crippen LogP contribution in [0.2, 0.25) is 0 Å². The molecule has 0 amide bonds. The van der Waals surface area contributed by atoms with E-state index in [1.54, 1.807) is 6.07 Å². The van der Waals surface area contributed by atoms with Gasteiger partial charge in [0.25, 0.3) is 0 Å². The van der Waals surface area contributed by atoms with Crippen molar-refractivity contribution in [3.8, 4) is 11.8 Å². The maximum atomic E-state index is 14.9. The Morgan fingerprint density at radius 1 is 0.833 bits per heavy atom. The van der Waals surface area contributed by atoms with E-state index in [2.05, 4.69) is 48.1 Å². The predicted molar refractivity (Wildman–Crippen MR) is 142 cm³/mol. The first-order chi connectivity index (χ1) is 17.4. The minimum absolute atomic E-state index is 0.0480. The molecule has 3 aromatic carbocycles. The summed E-state index contributed by atoms with van der Waals surface area (Å²) in [5.41, 5.74) is 2.23. The smallest absolute Gasteiger partial charge is 0.166 e. The van der Waals surface area contributed by atoms with Crippen LogP contribution >= 0.6 is 12.2 Å². The van der Waals surface area contributed by atoms with Crippen molar-refractivity contribution in [2.45, 2.75) is 46.0 Å². The van der Waals surface area contributed by atoms with Crippen molar-refractivity contribution in [1.82, 2.24) is 0 Å². The van der Waals surface area contributed by atoms with Crippen molar-refractivity contribution in [1.29, 1.82) is 0 Å². The molecule has 0 fully saturated rings. The lowest BCUT2D eigenvalue weighted by molar-refractivity contribution is 0.585. The number of nitrogens with zero attached hydrogens (tertiary/aromatic N) is 1. The van der Waals surface area contributed by atoms with E-state index < -0.39 is 34.5 Å². The summed E-state index contributed by atoms with van der Waals surface area (Å²) in [6, 6.07) is 13.9. The second-order valence-electron chi connectivity index (χ2n) is 8.25. The van der Waals surface area contributed by atoms with Crippen LogP contribution in [0.4, 0.5) is 23.2 Å². The highest BCUT2D eigenvalue weighted by molar-refractivity contribution is 7.78. The number of rotatable bonds is 8. The Morgan fingerprint density at radius 3 is 2.11 bits per heavy atom. The molecule has 0 aromatic heterocycles. The van der Waals surface area contributed by atoms with Gasteiger partial charge in [0.05, 0.1) is 5.16 Å². The highest BCUT2D eigenvalue weighted by Gasteiger charge is 2.17. The third kappa shape index (κ3) is 6.79. The highest BCUT2D eigenvalue weighted by Crippen LogP contribution is 2.33. The summed E-state index contributed by atoms with van der Waals surface area (Å²) < 4.78 is 57.9. The Labute approximate surface area is 214 Å². The van der Waals surface area contributed by atoms with Crippen LogP contribution in [-0.4, -0.2) is 5.16 Å². The van der Waals surface area contributed by atoms with E-state index in [9.17, 15) is 17.6 Å². The number of aliphatic imine (C=N–C) groups is 1. The Hall–Kier alpha value is -3.52. The molecule has 0 aliphatic heterocycles. The lowest BCUT2D eigenvalue weighted by Gasteiger charge is -2.08. The van der Waals surface area contributed by atoms with E-state index in [1.165, 1.54) is 30.5 Å². The molecule has 0 bridgehead atoms. The summed E-state index contributed by atoms with van der Waals surface area (Å²) in [6.45, 7) is 4.06. The molecule has 0 unspecified atom stereocenters. The zero-order valence-electron chi connectivity index (χ0n) is 20.1. The molecular formula is C30H25F4NS. The molecule has 0 heterocycles. The van der Waals surface area contributed by atoms with Gasteiger partial charge in [-0.05, 0) is 79.0 Å². The summed E-state index contributed by atoms with van der Waals surface area (Å²) in [6.07, 6.45) is 5.14. The lowest BCUT2D eigenvalue weighted by atomic mass is 10.00. The number of isothiocyanates is 1. The zero-order valence-corrected chi connectivity index (χ0v) is 20.9. The molecular weight excluding hydrogens is 482 g/mol. The van der Waals surface area contributed by atoms with Crippen molar-refractivity contribution in [3.63, 3.8) is 0 Å². The Morgan fingerprint density at radius 2 is 1.50 bits per heavy atom. The van der Waals surface area contributed by atoms with Gasteiger partial charge in [0.1, 0.15) is 5.69 Å². The van der Waals surface area contributed by atoms with Crippen molar-refractivity contribution in [3.05, 3.63) is 99.6 Å². The van der Waals surface area contributed by atoms with E-state index in [-0.39, 0.29) is 5.56 Å². The Bertz CT molecular complexity index is 1350. The van der Waals surface area contributed by atoms with Crippen LogP contribution in [0, 0.1) is 23.5 Å². The maximum absolute atomic E-state index is 14.9. The standard InChI is InChI=1S/C30H25F4NS/c1-3-5-6-7-20-8-10-21(11-9-20)12-13-23-14-15-24(16-22(23)4-2)28(33)29(34)25-17-26(31)30(35-19-36)27(32)18-25/h8-11,14-18H,3-7H2,1-2H3/b29-28+. The second kappa shape index (κ2) is 13.0. The molecule has 3 aromatic rings. The monoisotopic (exact) mass is 507 g/mol. The summed E-state index contributed by atoms with van der Waals surface area (Å²) in [5, 5.41) is 1.85. The quantitative estimate of drug-likeness (QED) is 0.0739. The third-order valence-corrected chi connectivity index (χ3v) is 5.82. The van der Waals surface area contributed by atoms with E-state index >= 15 is 0 Å². The second-order valence-corrected chi connectivity index (χ2v) is 8.43. The minimum atomic E-state index is -1.38. The first-order valence-electron chi connectivity index (χ1n) is 11.7. The van der Waals surface area contributed by atoms with Gasteiger partial charge in [-0.3, -0.25) is 0 Å². The van der Waals surface area contributed by atoms with Gasteiger partial charge in [-0.25, -0.2) is 17.6 Å². The largest absolute Gasteiger partial charge is 0.204 e. The summed E-state index contributed by atoms with van der Waals surface area (Å²) >= 11 is 4.34.